The van der Waals surface area contributed by atoms with Gasteiger partial charge >= 0.3 is 0 Å². The predicted octanol–water partition coefficient (Wildman–Crippen LogP) is 4.69. The molecule has 1 saturated heterocycles. The number of ether oxygens (including phenoxy) is 1. The van der Waals surface area contributed by atoms with Gasteiger partial charge < -0.3 is 15.0 Å². The van der Waals surface area contributed by atoms with Crippen molar-refractivity contribution in [1.82, 2.24) is 9.21 Å². The first kappa shape index (κ1) is 27.2. The van der Waals surface area contributed by atoms with Gasteiger partial charge in [-0.2, -0.15) is 0 Å². The predicted molar refractivity (Wildman–Crippen MR) is 148 cm³/mol. The molecule has 1 N–H and O–H groups in total. The van der Waals surface area contributed by atoms with E-state index in [1.54, 1.807) is 29.2 Å². The SMILES string of the molecule is O=C(c1ccc(F)c(S(=O)(=O)N(CCc2ccccc2)C(=S)Nc2ccc(Br)cc2)c1)N1CCOCC1. The Morgan fingerprint density at radius 2 is 1.73 bits per heavy atom. The maximum Gasteiger partial charge on any atom is 0.269 e. The summed E-state index contributed by atoms with van der Waals surface area (Å²) in [4.78, 5) is 13.9. The number of benzene rings is 3. The molecular weight excluding hydrogens is 581 g/mol. The van der Waals surface area contributed by atoms with Crippen LogP contribution < -0.4 is 5.32 Å². The van der Waals surface area contributed by atoms with E-state index in [0.717, 1.165) is 26.5 Å². The van der Waals surface area contributed by atoms with Crippen LogP contribution in [0.2, 0.25) is 0 Å². The Labute approximate surface area is 229 Å². The number of sulfonamides is 1. The number of halogens is 2. The molecule has 0 atom stereocenters. The van der Waals surface area contributed by atoms with Crippen LogP contribution >= 0.6 is 28.1 Å². The van der Waals surface area contributed by atoms with E-state index in [1.807, 2.05) is 30.3 Å². The summed E-state index contributed by atoms with van der Waals surface area (Å²) < 4.78 is 49.7. The third kappa shape index (κ3) is 6.72. The van der Waals surface area contributed by atoms with Gasteiger partial charge in [-0.3, -0.25) is 4.79 Å². The Bertz CT molecular complexity index is 1370. The lowest BCUT2D eigenvalue weighted by Gasteiger charge is -2.28. The van der Waals surface area contributed by atoms with Crippen LogP contribution in [0.3, 0.4) is 0 Å². The van der Waals surface area contributed by atoms with E-state index in [9.17, 15) is 13.2 Å². The fraction of sp³-hybridized carbons (Fsp3) is 0.231. The molecule has 3 aromatic rings. The molecule has 0 spiro atoms. The van der Waals surface area contributed by atoms with Gasteiger partial charge in [0.1, 0.15) is 10.7 Å². The molecule has 11 heteroatoms. The van der Waals surface area contributed by atoms with Crippen LogP contribution in [0.4, 0.5) is 10.1 Å². The topological polar surface area (TPSA) is 79.0 Å². The average molecular weight is 607 g/mol. The van der Waals surface area contributed by atoms with Crippen molar-refractivity contribution < 1.29 is 22.3 Å². The highest BCUT2D eigenvalue weighted by Gasteiger charge is 2.31. The molecule has 0 saturated carbocycles. The number of carbonyl (C=O) groups excluding carboxylic acids is 1. The second kappa shape index (κ2) is 12.1. The zero-order chi connectivity index (χ0) is 26.4. The van der Waals surface area contributed by atoms with E-state index >= 15 is 4.39 Å². The highest BCUT2D eigenvalue weighted by atomic mass is 79.9. The Kier molecular flexibility index (Phi) is 8.91. The summed E-state index contributed by atoms with van der Waals surface area (Å²) in [6.07, 6.45) is 0.343. The van der Waals surface area contributed by atoms with Gasteiger partial charge in [0.15, 0.2) is 5.11 Å². The summed E-state index contributed by atoms with van der Waals surface area (Å²) in [5.74, 6) is -1.35. The van der Waals surface area contributed by atoms with Gasteiger partial charge in [-0.05, 0) is 66.7 Å². The van der Waals surface area contributed by atoms with E-state index in [1.165, 1.54) is 6.07 Å². The number of hydrogen-bond acceptors (Lipinski definition) is 5. The van der Waals surface area contributed by atoms with E-state index in [-0.39, 0.29) is 23.1 Å². The summed E-state index contributed by atoms with van der Waals surface area (Å²) >= 11 is 8.86. The molecule has 0 unspecified atom stereocenters. The normalized spacial score (nSPS) is 13.7. The van der Waals surface area contributed by atoms with Crippen molar-refractivity contribution in [3.63, 3.8) is 0 Å². The van der Waals surface area contributed by atoms with Crippen molar-refractivity contribution in [2.24, 2.45) is 0 Å². The highest BCUT2D eigenvalue weighted by molar-refractivity contribution is 9.10. The van der Waals surface area contributed by atoms with Crippen LogP contribution in [0, 0.1) is 5.82 Å². The molecule has 0 aromatic heterocycles. The van der Waals surface area contributed by atoms with Crippen molar-refractivity contribution in [3.8, 4) is 0 Å². The highest BCUT2D eigenvalue weighted by Crippen LogP contribution is 2.24. The van der Waals surface area contributed by atoms with Crippen LogP contribution in [0.15, 0.2) is 82.2 Å². The largest absolute Gasteiger partial charge is 0.378 e. The van der Waals surface area contributed by atoms with Gasteiger partial charge in [0.2, 0.25) is 0 Å². The Morgan fingerprint density at radius 1 is 1.05 bits per heavy atom. The fourth-order valence-corrected chi connectivity index (χ4v) is 6.02. The maximum absolute atomic E-state index is 15.0. The number of anilines is 1. The molecule has 4 rings (SSSR count). The van der Waals surface area contributed by atoms with E-state index < -0.39 is 20.7 Å². The lowest BCUT2D eigenvalue weighted by atomic mass is 10.1. The van der Waals surface area contributed by atoms with Crippen LogP contribution in [0.1, 0.15) is 15.9 Å². The van der Waals surface area contributed by atoms with Crippen molar-refractivity contribution >= 4 is 54.9 Å². The van der Waals surface area contributed by atoms with Gasteiger partial charge in [0.05, 0.1) is 13.2 Å². The van der Waals surface area contributed by atoms with Crippen molar-refractivity contribution in [3.05, 3.63) is 94.2 Å². The number of nitrogens with zero attached hydrogens (tertiary/aromatic N) is 2. The average Bonchev–Trinajstić information content (AvgIpc) is 2.91. The first-order valence-corrected chi connectivity index (χ1v) is 14.2. The number of amides is 1. The molecule has 1 aliphatic rings. The zero-order valence-corrected chi connectivity index (χ0v) is 23.0. The lowest BCUT2D eigenvalue weighted by Crippen LogP contribution is -2.42. The van der Waals surface area contributed by atoms with E-state index in [0.29, 0.717) is 38.4 Å². The molecule has 1 fully saturated rings. The molecule has 0 radical (unpaired) electrons. The first-order valence-electron chi connectivity index (χ1n) is 11.6. The third-order valence-electron chi connectivity index (χ3n) is 5.81. The maximum atomic E-state index is 15.0. The minimum Gasteiger partial charge on any atom is -0.378 e. The Hall–Kier alpha value is -2.86. The number of thiocarbonyl (C=S) groups is 1. The Balaban J connectivity index is 1.66. The van der Waals surface area contributed by atoms with Crippen molar-refractivity contribution in [1.29, 1.82) is 0 Å². The molecule has 0 aliphatic carbocycles. The smallest absolute Gasteiger partial charge is 0.269 e. The lowest BCUT2D eigenvalue weighted by molar-refractivity contribution is 0.0302. The number of rotatable bonds is 7. The molecular formula is C26H25BrFN3O4S2. The molecule has 1 amide bonds. The van der Waals surface area contributed by atoms with E-state index in [4.69, 9.17) is 17.0 Å². The zero-order valence-electron chi connectivity index (χ0n) is 19.8. The van der Waals surface area contributed by atoms with Crippen molar-refractivity contribution in [2.75, 3.05) is 38.2 Å². The van der Waals surface area contributed by atoms with Gasteiger partial charge in [0.25, 0.3) is 15.9 Å². The first-order chi connectivity index (χ1) is 17.8. The number of hydrogen-bond donors (Lipinski definition) is 1. The summed E-state index contributed by atoms with van der Waals surface area (Å²) in [5.41, 5.74) is 1.55. The molecule has 1 aliphatic heterocycles. The fourth-order valence-electron chi connectivity index (χ4n) is 3.83. The molecule has 7 nitrogen and oxygen atoms in total. The second-order valence-electron chi connectivity index (χ2n) is 8.30. The van der Waals surface area contributed by atoms with Crippen LogP contribution in [-0.4, -0.2) is 61.5 Å². The number of carbonyl (C=O) groups is 1. The monoisotopic (exact) mass is 605 g/mol. The molecule has 37 heavy (non-hydrogen) atoms. The minimum atomic E-state index is -4.47. The molecule has 0 bridgehead atoms. The molecule has 3 aromatic carbocycles. The summed E-state index contributed by atoms with van der Waals surface area (Å²) in [6.45, 7) is 1.50. The Morgan fingerprint density at radius 3 is 2.41 bits per heavy atom. The van der Waals surface area contributed by atoms with Crippen LogP contribution in [0.5, 0.6) is 0 Å². The number of morpholine rings is 1. The van der Waals surface area contributed by atoms with Crippen LogP contribution in [-0.2, 0) is 21.2 Å². The second-order valence-corrected chi connectivity index (χ2v) is 11.4. The van der Waals surface area contributed by atoms with Crippen LogP contribution in [0.25, 0.3) is 0 Å². The van der Waals surface area contributed by atoms with E-state index in [2.05, 4.69) is 21.2 Å². The van der Waals surface area contributed by atoms with Gasteiger partial charge in [-0.25, -0.2) is 17.1 Å². The summed E-state index contributed by atoms with van der Waals surface area (Å²) in [7, 11) is -4.47. The molecule has 194 valence electrons. The van der Waals surface area contributed by atoms with Gasteiger partial charge in [-0.1, -0.05) is 46.3 Å². The van der Waals surface area contributed by atoms with Crippen molar-refractivity contribution in [2.45, 2.75) is 11.3 Å². The number of nitrogens with one attached hydrogen (secondary N) is 1. The third-order valence-corrected chi connectivity index (χ3v) is 8.59. The van der Waals surface area contributed by atoms with Gasteiger partial charge in [-0.15, -0.1) is 0 Å². The quantitative estimate of drug-likeness (QED) is 0.394. The summed E-state index contributed by atoms with van der Waals surface area (Å²) in [6, 6.07) is 19.7. The minimum absolute atomic E-state index is 0.0320. The summed E-state index contributed by atoms with van der Waals surface area (Å²) in [5, 5.41) is 2.83. The van der Waals surface area contributed by atoms with Gasteiger partial charge in [0, 0.05) is 35.4 Å². The standard InChI is InChI=1S/C26H25BrFN3O4S2/c27-21-7-9-22(10-8-21)29-26(36)31(13-12-19-4-2-1-3-5-19)37(33,34)24-18-20(6-11-23(24)28)25(32)30-14-16-35-17-15-30/h1-11,18H,12-17H2,(H,29,36). The molecule has 1 heterocycles.